The van der Waals surface area contributed by atoms with Crippen molar-refractivity contribution in [1.29, 1.82) is 0 Å². The molecule has 16 heavy (non-hydrogen) atoms. The molecule has 1 heterocycles. The van der Waals surface area contributed by atoms with Crippen molar-refractivity contribution in [2.24, 2.45) is 0 Å². The molecule has 1 aromatic heterocycles. The first-order valence-corrected chi connectivity index (χ1v) is 5.63. The minimum absolute atomic E-state index is 0.683. The quantitative estimate of drug-likeness (QED) is 0.826. The van der Waals surface area contributed by atoms with E-state index >= 15 is 0 Å². The lowest BCUT2D eigenvalue weighted by Gasteiger charge is -2.05. The minimum atomic E-state index is 0.683. The van der Waals surface area contributed by atoms with Crippen LogP contribution >= 0.6 is 12.2 Å². The van der Waals surface area contributed by atoms with E-state index in [1.54, 1.807) is 0 Å². The molecule has 1 N–H and O–H groups in total. The molecule has 84 valence electrons. The predicted octanol–water partition coefficient (Wildman–Crippen LogP) is 3.24. The molecule has 1 aromatic carbocycles. The average molecular weight is 234 g/mol. The maximum atomic E-state index is 5.39. The van der Waals surface area contributed by atoms with E-state index in [1.165, 1.54) is 0 Å². The zero-order valence-electron chi connectivity index (χ0n) is 9.36. The van der Waals surface area contributed by atoms with Crippen LogP contribution in [-0.2, 0) is 0 Å². The van der Waals surface area contributed by atoms with E-state index in [0.29, 0.717) is 11.4 Å². The third-order valence-electron chi connectivity index (χ3n) is 2.27. The van der Waals surface area contributed by atoms with Gasteiger partial charge in [-0.2, -0.15) is 0 Å². The molecule has 0 aliphatic carbocycles. The van der Waals surface area contributed by atoms with Gasteiger partial charge in [-0.05, 0) is 50.3 Å². The van der Waals surface area contributed by atoms with Crippen molar-refractivity contribution < 1.29 is 4.74 Å². The maximum Gasteiger partial charge on any atom is 0.181 e. The second kappa shape index (κ2) is 4.53. The number of H-pyrrole nitrogens is 1. The summed E-state index contributed by atoms with van der Waals surface area (Å²) in [7, 11) is 0. The van der Waals surface area contributed by atoms with Gasteiger partial charge in [0.05, 0.1) is 6.61 Å². The van der Waals surface area contributed by atoms with Gasteiger partial charge in [0.15, 0.2) is 4.77 Å². The molecule has 0 atom stereocenters. The fourth-order valence-corrected chi connectivity index (χ4v) is 1.89. The standard InChI is InChI=1S/C12H14N2OS/c1-3-15-11-6-4-10(5-7-11)14-8-9(2)13-12(14)16/h4-8H,3H2,1-2H3,(H,13,16). The Morgan fingerprint density at radius 1 is 1.31 bits per heavy atom. The van der Waals surface area contributed by atoms with Crippen LogP contribution in [0.25, 0.3) is 5.69 Å². The monoisotopic (exact) mass is 234 g/mol. The summed E-state index contributed by atoms with van der Waals surface area (Å²) in [6, 6.07) is 7.88. The number of hydrogen-bond acceptors (Lipinski definition) is 2. The van der Waals surface area contributed by atoms with Crippen molar-refractivity contribution in [2.75, 3.05) is 6.61 Å². The van der Waals surface area contributed by atoms with Gasteiger partial charge in [-0.1, -0.05) is 0 Å². The molecule has 4 heteroatoms. The van der Waals surface area contributed by atoms with Crippen molar-refractivity contribution >= 4 is 12.2 Å². The van der Waals surface area contributed by atoms with Gasteiger partial charge in [0.2, 0.25) is 0 Å². The normalized spacial score (nSPS) is 10.4. The Bertz CT molecular complexity index is 525. The summed E-state index contributed by atoms with van der Waals surface area (Å²) in [5.41, 5.74) is 2.09. The molecule has 0 unspecified atom stereocenters. The highest BCUT2D eigenvalue weighted by Crippen LogP contribution is 2.16. The third kappa shape index (κ3) is 2.17. The zero-order chi connectivity index (χ0) is 11.5. The van der Waals surface area contributed by atoms with E-state index in [0.717, 1.165) is 17.1 Å². The van der Waals surface area contributed by atoms with Gasteiger partial charge in [-0.15, -0.1) is 0 Å². The average Bonchev–Trinajstić information content (AvgIpc) is 2.59. The highest BCUT2D eigenvalue weighted by Gasteiger charge is 2.00. The van der Waals surface area contributed by atoms with Crippen LogP contribution in [-0.4, -0.2) is 16.2 Å². The van der Waals surface area contributed by atoms with Crippen LogP contribution in [0.3, 0.4) is 0 Å². The Balaban J connectivity index is 2.34. The number of aromatic nitrogens is 2. The predicted molar refractivity (Wildman–Crippen MR) is 66.9 cm³/mol. The fourth-order valence-electron chi connectivity index (χ4n) is 1.57. The molecule has 0 spiro atoms. The van der Waals surface area contributed by atoms with Gasteiger partial charge in [0.1, 0.15) is 5.75 Å². The van der Waals surface area contributed by atoms with Crippen molar-refractivity contribution in [3.63, 3.8) is 0 Å². The maximum absolute atomic E-state index is 5.39. The molecule has 0 aliphatic rings. The number of aromatic amines is 1. The number of imidazole rings is 1. The van der Waals surface area contributed by atoms with Crippen LogP contribution in [0.4, 0.5) is 0 Å². The molecular formula is C12H14N2OS. The Morgan fingerprint density at radius 3 is 2.50 bits per heavy atom. The van der Waals surface area contributed by atoms with E-state index in [4.69, 9.17) is 17.0 Å². The van der Waals surface area contributed by atoms with E-state index in [-0.39, 0.29) is 0 Å². The molecule has 2 rings (SSSR count). The lowest BCUT2D eigenvalue weighted by atomic mass is 10.3. The van der Waals surface area contributed by atoms with Crippen LogP contribution in [0, 0.1) is 11.7 Å². The first-order valence-electron chi connectivity index (χ1n) is 5.22. The molecule has 3 nitrogen and oxygen atoms in total. The Kier molecular flexibility index (Phi) is 3.10. The molecular weight excluding hydrogens is 220 g/mol. The molecule has 0 saturated heterocycles. The summed E-state index contributed by atoms with van der Waals surface area (Å²) in [5, 5.41) is 0. The zero-order valence-corrected chi connectivity index (χ0v) is 10.2. The van der Waals surface area contributed by atoms with Crippen molar-refractivity contribution in [3.8, 4) is 11.4 Å². The third-order valence-corrected chi connectivity index (χ3v) is 2.57. The van der Waals surface area contributed by atoms with Gasteiger partial charge in [-0.3, -0.25) is 4.57 Å². The lowest BCUT2D eigenvalue weighted by Crippen LogP contribution is -1.94. The number of rotatable bonds is 3. The van der Waals surface area contributed by atoms with Crippen LogP contribution in [0.2, 0.25) is 0 Å². The number of nitrogens with zero attached hydrogens (tertiary/aromatic N) is 1. The highest BCUT2D eigenvalue weighted by atomic mass is 32.1. The number of benzene rings is 1. The summed E-state index contributed by atoms with van der Waals surface area (Å²) in [4.78, 5) is 3.09. The summed E-state index contributed by atoms with van der Waals surface area (Å²) >= 11 is 5.22. The Hall–Kier alpha value is -1.55. The molecule has 0 aliphatic heterocycles. The van der Waals surface area contributed by atoms with Crippen molar-refractivity contribution in [1.82, 2.24) is 9.55 Å². The minimum Gasteiger partial charge on any atom is -0.494 e. The Morgan fingerprint density at radius 2 is 2.00 bits per heavy atom. The van der Waals surface area contributed by atoms with Gasteiger partial charge >= 0.3 is 0 Å². The van der Waals surface area contributed by atoms with E-state index in [1.807, 2.05) is 48.9 Å². The number of ether oxygens (including phenoxy) is 1. The Labute approximate surface area is 99.7 Å². The smallest absolute Gasteiger partial charge is 0.181 e. The lowest BCUT2D eigenvalue weighted by molar-refractivity contribution is 0.340. The van der Waals surface area contributed by atoms with Gasteiger partial charge < -0.3 is 9.72 Å². The second-order valence-corrected chi connectivity index (χ2v) is 3.93. The molecule has 0 bridgehead atoms. The topological polar surface area (TPSA) is 29.9 Å². The molecule has 0 fully saturated rings. The molecule has 0 saturated carbocycles. The SMILES string of the molecule is CCOc1ccc(-n2cc(C)[nH]c2=S)cc1. The summed E-state index contributed by atoms with van der Waals surface area (Å²) in [5.74, 6) is 0.880. The number of nitrogens with one attached hydrogen (secondary N) is 1. The van der Waals surface area contributed by atoms with E-state index < -0.39 is 0 Å². The second-order valence-electron chi connectivity index (χ2n) is 3.54. The molecule has 2 aromatic rings. The first-order chi connectivity index (χ1) is 7.70. The van der Waals surface area contributed by atoms with Gasteiger partial charge in [0.25, 0.3) is 0 Å². The van der Waals surface area contributed by atoms with E-state index in [2.05, 4.69) is 4.98 Å². The summed E-state index contributed by atoms with van der Waals surface area (Å²) < 4.78 is 8.04. The number of aryl methyl sites for hydroxylation is 1. The van der Waals surface area contributed by atoms with Crippen LogP contribution < -0.4 is 4.74 Å². The van der Waals surface area contributed by atoms with Crippen molar-refractivity contribution in [3.05, 3.63) is 40.9 Å². The van der Waals surface area contributed by atoms with Gasteiger partial charge in [-0.25, -0.2) is 0 Å². The van der Waals surface area contributed by atoms with Crippen LogP contribution in [0.15, 0.2) is 30.5 Å². The van der Waals surface area contributed by atoms with Gasteiger partial charge in [0, 0.05) is 17.6 Å². The summed E-state index contributed by atoms with van der Waals surface area (Å²) in [6.07, 6.45) is 1.98. The van der Waals surface area contributed by atoms with Crippen LogP contribution in [0.5, 0.6) is 5.75 Å². The fraction of sp³-hybridized carbons (Fsp3) is 0.250. The van der Waals surface area contributed by atoms with E-state index in [9.17, 15) is 0 Å². The number of hydrogen-bond donors (Lipinski definition) is 1. The molecule has 0 radical (unpaired) electrons. The first kappa shape index (κ1) is 11.0. The summed E-state index contributed by atoms with van der Waals surface area (Å²) in [6.45, 7) is 4.64. The highest BCUT2D eigenvalue weighted by molar-refractivity contribution is 7.71. The van der Waals surface area contributed by atoms with Crippen LogP contribution in [0.1, 0.15) is 12.6 Å². The molecule has 0 amide bonds. The van der Waals surface area contributed by atoms with Crippen molar-refractivity contribution in [2.45, 2.75) is 13.8 Å². The largest absolute Gasteiger partial charge is 0.494 e.